The van der Waals surface area contributed by atoms with Crippen LogP contribution in [0, 0.1) is 11.6 Å². The summed E-state index contributed by atoms with van der Waals surface area (Å²) in [6.45, 7) is 2.10. The van der Waals surface area contributed by atoms with Gasteiger partial charge in [-0.1, -0.05) is 13.3 Å². The van der Waals surface area contributed by atoms with Gasteiger partial charge in [0.05, 0.1) is 24.4 Å². The molecule has 1 aliphatic heterocycles. The second kappa shape index (κ2) is 4.77. The summed E-state index contributed by atoms with van der Waals surface area (Å²) in [6.07, 6.45) is 1.33. The molecule has 1 aromatic rings. The first kappa shape index (κ1) is 13.7. The van der Waals surface area contributed by atoms with Gasteiger partial charge in [0, 0.05) is 0 Å². The molecule has 1 aliphatic rings. The standard InChI is InChI=1S/C13H16F2N2O2/c1-2-5-13(19)6-17(7-13)12(18)10-8(14)3-4-9(16)11(10)15/h3-4,19H,2,5-7,16H2,1H3. The van der Waals surface area contributed by atoms with Gasteiger partial charge in [0.1, 0.15) is 11.4 Å². The van der Waals surface area contributed by atoms with E-state index in [0.717, 1.165) is 18.6 Å². The second-order valence-corrected chi connectivity index (χ2v) is 4.96. The lowest BCUT2D eigenvalue weighted by Crippen LogP contribution is -2.63. The number of carbonyl (C=O) groups excluding carboxylic acids is 1. The van der Waals surface area contributed by atoms with E-state index in [9.17, 15) is 18.7 Å². The van der Waals surface area contributed by atoms with Crippen LogP contribution in [0.15, 0.2) is 12.1 Å². The Balaban J connectivity index is 2.17. The number of amides is 1. The fourth-order valence-electron chi connectivity index (χ4n) is 2.35. The average Bonchev–Trinajstić information content (AvgIpc) is 2.31. The van der Waals surface area contributed by atoms with E-state index in [1.54, 1.807) is 0 Å². The van der Waals surface area contributed by atoms with Crippen LogP contribution in [0.5, 0.6) is 0 Å². The molecule has 0 aromatic heterocycles. The molecule has 1 saturated heterocycles. The highest BCUT2D eigenvalue weighted by atomic mass is 19.1. The number of aliphatic hydroxyl groups is 1. The van der Waals surface area contributed by atoms with Crippen LogP contribution in [0.25, 0.3) is 0 Å². The van der Waals surface area contributed by atoms with Crippen LogP contribution in [0.4, 0.5) is 14.5 Å². The third-order valence-corrected chi connectivity index (χ3v) is 3.31. The topological polar surface area (TPSA) is 66.6 Å². The van der Waals surface area contributed by atoms with E-state index in [1.807, 2.05) is 6.92 Å². The van der Waals surface area contributed by atoms with E-state index in [1.165, 1.54) is 4.90 Å². The first-order valence-electron chi connectivity index (χ1n) is 6.13. The summed E-state index contributed by atoms with van der Waals surface area (Å²) < 4.78 is 27.2. The van der Waals surface area contributed by atoms with Crippen LogP contribution in [-0.2, 0) is 0 Å². The molecule has 0 atom stereocenters. The number of anilines is 1. The SMILES string of the molecule is CCCC1(O)CN(C(=O)c2c(F)ccc(N)c2F)C1. The lowest BCUT2D eigenvalue weighted by Gasteiger charge is -2.46. The lowest BCUT2D eigenvalue weighted by molar-refractivity contribution is -0.0862. The lowest BCUT2D eigenvalue weighted by atomic mass is 9.88. The van der Waals surface area contributed by atoms with Crippen molar-refractivity contribution in [2.75, 3.05) is 18.8 Å². The number of likely N-dealkylation sites (tertiary alicyclic amines) is 1. The van der Waals surface area contributed by atoms with Crippen molar-refractivity contribution in [2.45, 2.75) is 25.4 Å². The molecule has 19 heavy (non-hydrogen) atoms. The van der Waals surface area contributed by atoms with Gasteiger partial charge in [-0.3, -0.25) is 4.79 Å². The quantitative estimate of drug-likeness (QED) is 0.819. The van der Waals surface area contributed by atoms with Crippen molar-refractivity contribution in [3.8, 4) is 0 Å². The molecule has 4 nitrogen and oxygen atoms in total. The van der Waals surface area contributed by atoms with E-state index in [4.69, 9.17) is 5.73 Å². The Morgan fingerprint density at radius 3 is 2.68 bits per heavy atom. The summed E-state index contributed by atoms with van der Waals surface area (Å²) in [6, 6.07) is 2.04. The third kappa shape index (κ3) is 2.40. The van der Waals surface area contributed by atoms with Gasteiger partial charge in [0.2, 0.25) is 0 Å². The maximum absolute atomic E-state index is 13.7. The number of hydrogen-bond donors (Lipinski definition) is 2. The number of rotatable bonds is 3. The first-order chi connectivity index (χ1) is 8.88. The van der Waals surface area contributed by atoms with Crippen LogP contribution < -0.4 is 5.73 Å². The van der Waals surface area contributed by atoms with Crippen molar-refractivity contribution in [3.63, 3.8) is 0 Å². The van der Waals surface area contributed by atoms with Gasteiger partial charge in [-0.2, -0.15) is 0 Å². The number of nitrogens with two attached hydrogens (primary N) is 1. The molecule has 0 bridgehead atoms. The normalized spacial score (nSPS) is 17.2. The molecular formula is C13H16F2N2O2. The Bertz CT molecular complexity index is 514. The number of β-amino-alcohol motifs (C(OH)–C–C–N with tert-alkyl or cyclic N) is 1. The highest BCUT2D eigenvalue weighted by Crippen LogP contribution is 2.29. The van der Waals surface area contributed by atoms with E-state index >= 15 is 0 Å². The largest absolute Gasteiger partial charge is 0.396 e. The Morgan fingerprint density at radius 2 is 2.11 bits per heavy atom. The van der Waals surface area contributed by atoms with Crippen LogP contribution in [0.2, 0.25) is 0 Å². The van der Waals surface area contributed by atoms with Gasteiger partial charge < -0.3 is 15.7 Å². The highest BCUT2D eigenvalue weighted by molar-refractivity contribution is 5.96. The van der Waals surface area contributed by atoms with E-state index in [0.29, 0.717) is 6.42 Å². The Hall–Kier alpha value is -1.69. The smallest absolute Gasteiger partial charge is 0.260 e. The highest BCUT2D eigenvalue weighted by Gasteiger charge is 2.44. The minimum atomic E-state index is -1.05. The molecule has 2 rings (SSSR count). The summed E-state index contributed by atoms with van der Waals surface area (Å²) in [7, 11) is 0. The molecule has 0 unspecified atom stereocenters. The van der Waals surface area contributed by atoms with Crippen molar-refractivity contribution in [2.24, 2.45) is 0 Å². The minimum absolute atomic E-state index is 0.0906. The van der Waals surface area contributed by atoms with Gasteiger partial charge >= 0.3 is 0 Å². The summed E-state index contributed by atoms with van der Waals surface area (Å²) >= 11 is 0. The van der Waals surface area contributed by atoms with E-state index in [2.05, 4.69) is 0 Å². The van der Waals surface area contributed by atoms with Crippen molar-refractivity contribution < 1.29 is 18.7 Å². The average molecular weight is 270 g/mol. The molecule has 1 amide bonds. The fourth-order valence-corrected chi connectivity index (χ4v) is 2.35. The summed E-state index contributed by atoms with van der Waals surface area (Å²) in [5, 5.41) is 9.96. The number of nitrogen functional groups attached to an aromatic ring is 1. The Kier molecular flexibility index (Phi) is 3.45. The van der Waals surface area contributed by atoms with Crippen molar-refractivity contribution in [1.29, 1.82) is 0 Å². The van der Waals surface area contributed by atoms with Gasteiger partial charge in [0.25, 0.3) is 5.91 Å². The van der Waals surface area contributed by atoms with Crippen LogP contribution in [0.3, 0.4) is 0 Å². The fraction of sp³-hybridized carbons (Fsp3) is 0.462. The van der Waals surface area contributed by atoms with Crippen LogP contribution >= 0.6 is 0 Å². The van der Waals surface area contributed by atoms with E-state index in [-0.39, 0.29) is 18.8 Å². The predicted molar refractivity (Wildman–Crippen MR) is 66.5 cm³/mol. The van der Waals surface area contributed by atoms with Gasteiger partial charge in [-0.05, 0) is 18.6 Å². The number of carbonyl (C=O) groups is 1. The molecule has 0 spiro atoms. The number of nitrogens with zero attached hydrogens (tertiary/aromatic N) is 1. The predicted octanol–water partition coefficient (Wildman–Crippen LogP) is 1.53. The third-order valence-electron chi connectivity index (χ3n) is 3.31. The number of halogens is 2. The molecule has 0 aliphatic carbocycles. The van der Waals surface area contributed by atoms with Crippen molar-refractivity contribution in [3.05, 3.63) is 29.3 Å². The maximum atomic E-state index is 13.7. The van der Waals surface area contributed by atoms with Gasteiger partial charge in [-0.15, -0.1) is 0 Å². The maximum Gasteiger partial charge on any atom is 0.260 e. The molecular weight excluding hydrogens is 254 g/mol. The molecule has 1 heterocycles. The molecule has 0 radical (unpaired) electrons. The Morgan fingerprint density at radius 1 is 1.47 bits per heavy atom. The second-order valence-electron chi connectivity index (χ2n) is 4.96. The molecule has 6 heteroatoms. The molecule has 1 aromatic carbocycles. The minimum Gasteiger partial charge on any atom is -0.396 e. The van der Waals surface area contributed by atoms with Crippen molar-refractivity contribution in [1.82, 2.24) is 4.90 Å². The summed E-state index contributed by atoms with van der Waals surface area (Å²) in [4.78, 5) is 13.2. The number of hydrogen-bond acceptors (Lipinski definition) is 3. The van der Waals surface area contributed by atoms with Crippen LogP contribution in [-0.4, -0.2) is 34.6 Å². The summed E-state index contributed by atoms with van der Waals surface area (Å²) in [5.74, 6) is -2.76. The Labute approximate surface area is 109 Å². The molecule has 1 fully saturated rings. The molecule has 104 valence electrons. The first-order valence-corrected chi connectivity index (χ1v) is 6.13. The van der Waals surface area contributed by atoms with Crippen molar-refractivity contribution >= 4 is 11.6 Å². The number of benzene rings is 1. The zero-order valence-corrected chi connectivity index (χ0v) is 10.6. The zero-order chi connectivity index (χ0) is 14.2. The zero-order valence-electron chi connectivity index (χ0n) is 10.6. The van der Waals surface area contributed by atoms with Crippen LogP contribution in [0.1, 0.15) is 30.1 Å². The molecule has 0 saturated carbocycles. The van der Waals surface area contributed by atoms with E-state index < -0.39 is 28.7 Å². The van der Waals surface area contributed by atoms with Gasteiger partial charge in [0.15, 0.2) is 5.82 Å². The molecule has 3 N–H and O–H groups in total. The van der Waals surface area contributed by atoms with Gasteiger partial charge in [-0.25, -0.2) is 8.78 Å². The monoisotopic (exact) mass is 270 g/mol. The summed E-state index contributed by atoms with van der Waals surface area (Å²) in [5.41, 5.74) is 3.47.